The summed E-state index contributed by atoms with van der Waals surface area (Å²) in [7, 11) is 0. The van der Waals surface area contributed by atoms with Gasteiger partial charge < -0.3 is 20.5 Å². The summed E-state index contributed by atoms with van der Waals surface area (Å²) in [6, 6.07) is 9.82. The molecule has 0 bridgehead atoms. The molecule has 6 nitrogen and oxygen atoms in total. The standard InChI is InChI=1S/C22H30N4O2/c1-13-18-17(10-7-11-23-18)26(13)21(28)19(22(2,3)4)25-20(27)16-12-14-8-5-6-9-15(14)24-16/h5-6,8-9,12-13,17-19,23-24H,7,10-11H2,1-4H3,(H,25,27)/t13-,17?,18?,19+/m0/s1. The highest BCUT2D eigenvalue weighted by molar-refractivity contribution is 6.00. The van der Waals surface area contributed by atoms with Crippen LogP contribution in [0.2, 0.25) is 0 Å². The number of rotatable bonds is 3. The molecule has 2 unspecified atom stereocenters. The first kappa shape index (κ1) is 19.0. The topological polar surface area (TPSA) is 77.2 Å². The quantitative estimate of drug-likeness (QED) is 0.764. The van der Waals surface area contributed by atoms with Crippen LogP contribution in [0.25, 0.3) is 10.9 Å². The lowest BCUT2D eigenvalue weighted by Crippen LogP contribution is -2.76. The Labute approximate surface area is 166 Å². The van der Waals surface area contributed by atoms with E-state index in [1.165, 1.54) is 0 Å². The third-order valence-corrected chi connectivity index (χ3v) is 6.20. The second kappa shape index (κ2) is 6.92. The van der Waals surface area contributed by atoms with Crippen LogP contribution in [0.5, 0.6) is 0 Å². The SMILES string of the molecule is C[C@H]1C2NCCCC2N1C(=O)[C@@H](NC(=O)c1cc2ccccc2[nH]1)C(C)(C)C. The highest BCUT2D eigenvalue weighted by Crippen LogP contribution is 2.35. The van der Waals surface area contributed by atoms with E-state index in [-0.39, 0.29) is 29.3 Å². The maximum atomic E-state index is 13.4. The Morgan fingerprint density at radius 3 is 2.71 bits per heavy atom. The van der Waals surface area contributed by atoms with E-state index < -0.39 is 6.04 Å². The molecular formula is C22H30N4O2. The number of para-hydroxylation sites is 1. The Morgan fingerprint density at radius 1 is 1.25 bits per heavy atom. The van der Waals surface area contributed by atoms with Crippen molar-refractivity contribution >= 4 is 22.7 Å². The molecule has 1 aromatic carbocycles. The van der Waals surface area contributed by atoms with E-state index in [2.05, 4.69) is 22.5 Å². The molecule has 3 N–H and O–H groups in total. The van der Waals surface area contributed by atoms with Crippen molar-refractivity contribution in [2.75, 3.05) is 6.54 Å². The fourth-order valence-electron chi connectivity index (χ4n) is 4.64. The second-order valence-corrected chi connectivity index (χ2v) is 9.22. The number of benzene rings is 1. The number of hydrogen-bond acceptors (Lipinski definition) is 3. The molecule has 28 heavy (non-hydrogen) atoms. The number of piperidine rings is 1. The van der Waals surface area contributed by atoms with Gasteiger partial charge in [-0.15, -0.1) is 0 Å². The second-order valence-electron chi connectivity index (χ2n) is 9.22. The Balaban J connectivity index is 1.54. The highest BCUT2D eigenvalue weighted by Gasteiger charge is 2.51. The maximum absolute atomic E-state index is 13.4. The van der Waals surface area contributed by atoms with Crippen molar-refractivity contribution in [3.63, 3.8) is 0 Å². The molecule has 2 fully saturated rings. The molecule has 0 saturated carbocycles. The van der Waals surface area contributed by atoms with Crippen molar-refractivity contribution in [3.8, 4) is 0 Å². The predicted octanol–water partition coefficient (Wildman–Crippen LogP) is 2.66. The summed E-state index contributed by atoms with van der Waals surface area (Å²) < 4.78 is 0. The molecule has 0 spiro atoms. The molecule has 1 aromatic heterocycles. The van der Waals surface area contributed by atoms with Gasteiger partial charge in [-0.2, -0.15) is 0 Å². The minimum absolute atomic E-state index is 0.0226. The van der Waals surface area contributed by atoms with Crippen molar-refractivity contribution in [1.29, 1.82) is 0 Å². The lowest BCUT2D eigenvalue weighted by Gasteiger charge is -2.57. The average Bonchev–Trinajstić information content (AvgIpc) is 3.09. The lowest BCUT2D eigenvalue weighted by molar-refractivity contribution is -0.154. The minimum Gasteiger partial charge on any atom is -0.351 e. The Bertz CT molecular complexity index is 864. The molecule has 0 aliphatic carbocycles. The minimum atomic E-state index is -0.572. The molecule has 2 aliphatic rings. The highest BCUT2D eigenvalue weighted by atomic mass is 16.2. The van der Waals surface area contributed by atoms with Gasteiger partial charge in [-0.25, -0.2) is 0 Å². The van der Waals surface area contributed by atoms with E-state index in [4.69, 9.17) is 0 Å². The number of carbonyl (C=O) groups excluding carboxylic acids is 2. The smallest absolute Gasteiger partial charge is 0.268 e. The normalized spacial score (nSPS) is 25.7. The first-order valence-corrected chi connectivity index (χ1v) is 10.2. The number of aromatic amines is 1. The van der Waals surface area contributed by atoms with Crippen molar-refractivity contribution < 1.29 is 9.59 Å². The zero-order chi connectivity index (χ0) is 20.1. The van der Waals surface area contributed by atoms with Crippen LogP contribution in [0, 0.1) is 5.41 Å². The molecule has 3 heterocycles. The predicted molar refractivity (Wildman–Crippen MR) is 110 cm³/mol. The Morgan fingerprint density at radius 2 is 2.00 bits per heavy atom. The van der Waals surface area contributed by atoms with E-state index in [0.29, 0.717) is 11.7 Å². The summed E-state index contributed by atoms with van der Waals surface area (Å²) in [4.78, 5) is 31.5. The summed E-state index contributed by atoms with van der Waals surface area (Å²) >= 11 is 0. The summed E-state index contributed by atoms with van der Waals surface area (Å²) in [6.07, 6.45) is 2.11. The van der Waals surface area contributed by atoms with Gasteiger partial charge in [0.1, 0.15) is 11.7 Å². The summed E-state index contributed by atoms with van der Waals surface area (Å²) in [5, 5.41) is 7.53. The van der Waals surface area contributed by atoms with Gasteiger partial charge in [0.05, 0.1) is 0 Å². The number of H-pyrrole nitrogens is 1. The van der Waals surface area contributed by atoms with E-state index in [0.717, 1.165) is 30.3 Å². The van der Waals surface area contributed by atoms with E-state index in [1.807, 2.05) is 56.0 Å². The number of likely N-dealkylation sites (tertiary alicyclic amines) is 1. The fourth-order valence-corrected chi connectivity index (χ4v) is 4.64. The van der Waals surface area contributed by atoms with E-state index >= 15 is 0 Å². The third kappa shape index (κ3) is 3.20. The summed E-state index contributed by atoms with van der Waals surface area (Å²) in [6.45, 7) is 9.12. The van der Waals surface area contributed by atoms with Crippen molar-refractivity contribution in [1.82, 2.24) is 20.5 Å². The maximum Gasteiger partial charge on any atom is 0.268 e. The summed E-state index contributed by atoms with van der Waals surface area (Å²) in [5.41, 5.74) is 1.02. The first-order chi connectivity index (χ1) is 13.3. The molecule has 2 aliphatic heterocycles. The number of aromatic nitrogens is 1. The Kier molecular flexibility index (Phi) is 4.70. The van der Waals surface area contributed by atoms with Gasteiger partial charge >= 0.3 is 0 Å². The van der Waals surface area contributed by atoms with E-state index in [1.54, 1.807) is 0 Å². The third-order valence-electron chi connectivity index (χ3n) is 6.20. The lowest BCUT2D eigenvalue weighted by atomic mass is 9.78. The van der Waals surface area contributed by atoms with Crippen LogP contribution in [-0.2, 0) is 4.79 Å². The van der Waals surface area contributed by atoms with Crippen LogP contribution < -0.4 is 10.6 Å². The molecule has 2 amide bonds. The molecular weight excluding hydrogens is 352 g/mol. The number of nitrogens with one attached hydrogen (secondary N) is 3. The van der Waals surface area contributed by atoms with Gasteiger partial charge in [-0.05, 0) is 43.9 Å². The number of hydrogen-bond donors (Lipinski definition) is 3. The summed E-state index contributed by atoms with van der Waals surface area (Å²) in [5.74, 6) is -0.217. The number of carbonyl (C=O) groups is 2. The van der Waals surface area contributed by atoms with Crippen LogP contribution in [0.15, 0.2) is 30.3 Å². The largest absolute Gasteiger partial charge is 0.351 e. The average molecular weight is 383 g/mol. The van der Waals surface area contributed by atoms with Crippen LogP contribution in [0.1, 0.15) is 51.0 Å². The zero-order valence-electron chi connectivity index (χ0n) is 17.1. The van der Waals surface area contributed by atoms with Gasteiger partial charge in [0.15, 0.2) is 0 Å². The molecule has 2 aromatic rings. The first-order valence-electron chi connectivity index (χ1n) is 10.2. The fraction of sp³-hybridized carbons (Fsp3) is 0.545. The van der Waals surface area contributed by atoms with Crippen molar-refractivity contribution in [2.45, 2.75) is 64.7 Å². The van der Waals surface area contributed by atoms with Crippen LogP contribution in [0.4, 0.5) is 0 Å². The number of nitrogens with zero attached hydrogens (tertiary/aromatic N) is 1. The number of fused-ring (bicyclic) bond motifs is 2. The molecule has 150 valence electrons. The zero-order valence-corrected chi connectivity index (χ0v) is 17.1. The molecule has 4 atom stereocenters. The van der Waals surface area contributed by atoms with Crippen LogP contribution in [-0.4, -0.2) is 52.4 Å². The molecule has 0 radical (unpaired) electrons. The van der Waals surface area contributed by atoms with Gasteiger partial charge in [-0.1, -0.05) is 39.0 Å². The van der Waals surface area contributed by atoms with Crippen molar-refractivity contribution in [3.05, 3.63) is 36.0 Å². The van der Waals surface area contributed by atoms with E-state index in [9.17, 15) is 9.59 Å². The van der Waals surface area contributed by atoms with Crippen LogP contribution >= 0.6 is 0 Å². The van der Waals surface area contributed by atoms with Crippen LogP contribution in [0.3, 0.4) is 0 Å². The monoisotopic (exact) mass is 382 g/mol. The van der Waals surface area contributed by atoms with Gasteiger partial charge in [-0.3, -0.25) is 9.59 Å². The number of amides is 2. The van der Waals surface area contributed by atoms with Gasteiger partial charge in [0.25, 0.3) is 5.91 Å². The molecule has 4 rings (SSSR count). The van der Waals surface area contributed by atoms with Crippen molar-refractivity contribution in [2.24, 2.45) is 5.41 Å². The Hall–Kier alpha value is -2.34. The van der Waals surface area contributed by atoms with Gasteiger partial charge in [0.2, 0.25) is 5.91 Å². The molecule has 6 heteroatoms. The molecule has 2 saturated heterocycles. The van der Waals surface area contributed by atoms with Gasteiger partial charge in [0, 0.05) is 29.0 Å².